The summed E-state index contributed by atoms with van der Waals surface area (Å²) in [5.41, 5.74) is 1.28. The lowest BCUT2D eigenvalue weighted by molar-refractivity contribution is 0.0699. The van der Waals surface area contributed by atoms with E-state index in [1.165, 1.54) is 6.07 Å². The van der Waals surface area contributed by atoms with Gasteiger partial charge in [-0.05, 0) is 22.9 Å². The second-order valence-electron chi connectivity index (χ2n) is 5.12. The largest absolute Gasteiger partial charge is 0.478 e. The Bertz CT molecular complexity index is 924. The zero-order valence-corrected chi connectivity index (χ0v) is 12.0. The monoisotopic (exact) mass is 304 g/mol. The van der Waals surface area contributed by atoms with Crippen molar-refractivity contribution in [3.05, 3.63) is 82.9 Å². The summed E-state index contributed by atoms with van der Waals surface area (Å²) < 4.78 is 0. The molecule has 23 heavy (non-hydrogen) atoms. The average molecular weight is 304 g/mol. The fourth-order valence-electron chi connectivity index (χ4n) is 2.50. The molecule has 0 amide bonds. The number of fused-ring (bicyclic) bond motifs is 1. The van der Waals surface area contributed by atoms with Gasteiger partial charge in [-0.15, -0.1) is 0 Å². The minimum Gasteiger partial charge on any atom is -0.478 e. The molecule has 3 aromatic carbocycles. The molecule has 0 radical (unpaired) electrons. The van der Waals surface area contributed by atoms with E-state index in [1.54, 1.807) is 54.6 Å². The Hall–Kier alpha value is -3.27. The lowest BCUT2D eigenvalue weighted by Crippen LogP contribution is -2.05. The maximum Gasteiger partial charge on any atom is 0.336 e. The van der Waals surface area contributed by atoms with Gasteiger partial charge in [0.15, 0.2) is 5.78 Å². The van der Waals surface area contributed by atoms with Crippen molar-refractivity contribution < 1.29 is 19.5 Å². The zero-order chi connectivity index (χ0) is 16.4. The van der Waals surface area contributed by atoms with E-state index in [1.807, 2.05) is 0 Å². The van der Waals surface area contributed by atoms with Crippen molar-refractivity contribution in [2.24, 2.45) is 0 Å². The lowest BCUT2D eigenvalue weighted by atomic mass is 9.96. The van der Waals surface area contributed by atoms with Gasteiger partial charge in [0, 0.05) is 16.7 Å². The Balaban J connectivity index is 2.13. The third-order valence-electron chi connectivity index (χ3n) is 3.66. The summed E-state index contributed by atoms with van der Waals surface area (Å²) in [6.07, 6.45) is 0.701. The van der Waals surface area contributed by atoms with Crippen molar-refractivity contribution >= 4 is 28.8 Å². The van der Waals surface area contributed by atoms with E-state index in [0.717, 1.165) is 0 Å². The molecule has 3 aromatic rings. The minimum absolute atomic E-state index is 0.0935. The first-order valence-electron chi connectivity index (χ1n) is 6.96. The standard InChI is InChI=1S/C19H12O4/c20-11-12-5-7-13(8-6-12)18(21)15-9-14-3-1-2-4-16(14)17(10-15)19(22)23/h1-11H,(H,22,23). The fourth-order valence-corrected chi connectivity index (χ4v) is 2.50. The summed E-state index contributed by atoms with van der Waals surface area (Å²) in [5, 5.41) is 10.7. The van der Waals surface area contributed by atoms with Gasteiger partial charge in [0.2, 0.25) is 0 Å². The maximum absolute atomic E-state index is 12.6. The van der Waals surface area contributed by atoms with Crippen LogP contribution in [-0.4, -0.2) is 23.1 Å². The number of ketones is 1. The number of aldehydes is 1. The fraction of sp³-hybridized carbons (Fsp3) is 0. The van der Waals surface area contributed by atoms with Crippen LogP contribution in [0.25, 0.3) is 10.8 Å². The van der Waals surface area contributed by atoms with Crippen LogP contribution in [0.1, 0.15) is 36.6 Å². The minimum atomic E-state index is -1.08. The molecule has 0 aliphatic carbocycles. The van der Waals surface area contributed by atoms with Crippen molar-refractivity contribution in [1.29, 1.82) is 0 Å². The number of aromatic carboxylic acids is 1. The van der Waals surface area contributed by atoms with Gasteiger partial charge in [-0.3, -0.25) is 9.59 Å². The van der Waals surface area contributed by atoms with Gasteiger partial charge in [0.1, 0.15) is 6.29 Å². The van der Waals surface area contributed by atoms with Crippen LogP contribution in [0.15, 0.2) is 60.7 Å². The molecule has 0 heterocycles. The molecular formula is C19H12O4. The third-order valence-corrected chi connectivity index (χ3v) is 3.66. The number of rotatable bonds is 4. The summed E-state index contributed by atoms with van der Waals surface area (Å²) in [5.74, 6) is -1.36. The molecule has 0 bridgehead atoms. The van der Waals surface area contributed by atoms with E-state index < -0.39 is 5.97 Å². The number of carbonyl (C=O) groups is 3. The van der Waals surface area contributed by atoms with Gasteiger partial charge in [-0.25, -0.2) is 4.79 Å². The number of carbonyl (C=O) groups excluding carboxylic acids is 2. The quantitative estimate of drug-likeness (QED) is 0.590. The van der Waals surface area contributed by atoms with Gasteiger partial charge < -0.3 is 5.11 Å². The van der Waals surface area contributed by atoms with E-state index >= 15 is 0 Å². The number of hydrogen-bond acceptors (Lipinski definition) is 3. The summed E-state index contributed by atoms with van der Waals surface area (Å²) in [7, 11) is 0. The van der Waals surface area contributed by atoms with E-state index in [9.17, 15) is 19.5 Å². The first-order chi connectivity index (χ1) is 11.1. The van der Waals surface area contributed by atoms with Crippen molar-refractivity contribution in [1.82, 2.24) is 0 Å². The first-order valence-corrected chi connectivity index (χ1v) is 6.96. The van der Waals surface area contributed by atoms with E-state index in [-0.39, 0.29) is 11.3 Å². The predicted molar refractivity (Wildman–Crippen MR) is 86.2 cm³/mol. The highest BCUT2D eigenvalue weighted by Gasteiger charge is 2.15. The normalized spacial score (nSPS) is 10.4. The topological polar surface area (TPSA) is 71.4 Å². The van der Waals surface area contributed by atoms with Gasteiger partial charge in [-0.1, -0.05) is 48.5 Å². The van der Waals surface area contributed by atoms with E-state index in [2.05, 4.69) is 0 Å². The number of carboxylic acid groups (broad SMARTS) is 1. The van der Waals surface area contributed by atoms with Crippen LogP contribution in [0.2, 0.25) is 0 Å². The lowest BCUT2D eigenvalue weighted by Gasteiger charge is -2.07. The number of hydrogen-bond donors (Lipinski definition) is 1. The van der Waals surface area contributed by atoms with Crippen molar-refractivity contribution in [2.45, 2.75) is 0 Å². The molecule has 0 unspecified atom stereocenters. The van der Waals surface area contributed by atoms with E-state index in [4.69, 9.17) is 0 Å². The predicted octanol–water partition coefficient (Wildman–Crippen LogP) is 3.58. The Morgan fingerprint density at radius 1 is 0.870 bits per heavy atom. The molecule has 0 saturated carbocycles. The highest BCUT2D eigenvalue weighted by molar-refractivity contribution is 6.14. The Labute approximate surface area is 132 Å². The SMILES string of the molecule is O=Cc1ccc(C(=O)c2cc(C(=O)O)c3ccccc3c2)cc1. The molecule has 0 aliphatic heterocycles. The smallest absolute Gasteiger partial charge is 0.336 e. The molecule has 4 nitrogen and oxygen atoms in total. The Morgan fingerprint density at radius 3 is 2.22 bits per heavy atom. The molecule has 0 atom stereocenters. The summed E-state index contributed by atoms with van der Waals surface area (Å²) in [6, 6.07) is 16.3. The van der Waals surface area contributed by atoms with Crippen molar-refractivity contribution in [3.63, 3.8) is 0 Å². The molecule has 0 fully saturated rings. The number of benzene rings is 3. The molecule has 0 aliphatic rings. The molecule has 112 valence electrons. The molecule has 3 rings (SSSR count). The molecule has 0 aromatic heterocycles. The first kappa shape index (κ1) is 14.7. The Kier molecular flexibility index (Phi) is 3.73. The molecule has 1 N–H and O–H groups in total. The molecular weight excluding hydrogens is 292 g/mol. The van der Waals surface area contributed by atoms with Crippen molar-refractivity contribution in [2.75, 3.05) is 0 Å². The van der Waals surface area contributed by atoms with Gasteiger partial charge in [-0.2, -0.15) is 0 Å². The van der Waals surface area contributed by atoms with Gasteiger partial charge in [0.05, 0.1) is 5.56 Å². The third kappa shape index (κ3) is 2.74. The summed E-state index contributed by atoms with van der Waals surface area (Å²) >= 11 is 0. The van der Waals surface area contributed by atoms with Crippen LogP contribution in [0, 0.1) is 0 Å². The summed E-state index contributed by atoms with van der Waals surface area (Å²) in [6.45, 7) is 0. The molecule has 4 heteroatoms. The van der Waals surface area contributed by atoms with Crippen LogP contribution < -0.4 is 0 Å². The van der Waals surface area contributed by atoms with Crippen LogP contribution in [0.3, 0.4) is 0 Å². The number of carboxylic acids is 1. The average Bonchev–Trinajstić information content (AvgIpc) is 2.60. The van der Waals surface area contributed by atoms with Crippen molar-refractivity contribution in [3.8, 4) is 0 Å². The van der Waals surface area contributed by atoms with Crippen LogP contribution >= 0.6 is 0 Å². The van der Waals surface area contributed by atoms with Crippen LogP contribution in [0.4, 0.5) is 0 Å². The van der Waals surface area contributed by atoms with Crippen LogP contribution in [-0.2, 0) is 0 Å². The van der Waals surface area contributed by atoms with Gasteiger partial charge >= 0.3 is 5.97 Å². The molecule has 0 saturated heterocycles. The summed E-state index contributed by atoms with van der Waals surface area (Å²) in [4.78, 5) is 34.7. The van der Waals surface area contributed by atoms with Crippen LogP contribution in [0.5, 0.6) is 0 Å². The molecule has 0 spiro atoms. The Morgan fingerprint density at radius 2 is 1.57 bits per heavy atom. The highest BCUT2D eigenvalue weighted by atomic mass is 16.4. The zero-order valence-electron chi connectivity index (χ0n) is 12.0. The van der Waals surface area contributed by atoms with E-state index in [0.29, 0.717) is 33.7 Å². The highest BCUT2D eigenvalue weighted by Crippen LogP contribution is 2.23. The van der Waals surface area contributed by atoms with Gasteiger partial charge in [0.25, 0.3) is 0 Å². The second kappa shape index (κ2) is 5.85. The second-order valence-corrected chi connectivity index (χ2v) is 5.12. The maximum atomic E-state index is 12.6.